The third-order valence-electron chi connectivity index (χ3n) is 2.47. The first-order chi connectivity index (χ1) is 7.83. The van der Waals surface area contributed by atoms with Crippen LogP contribution in [-0.2, 0) is 0 Å². The molecule has 2 aromatic heterocycles. The van der Waals surface area contributed by atoms with Crippen LogP contribution in [0.3, 0.4) is 0 Å². The van der Waals surface area contributed by atoms with Gasteiger partial charge in [0.25, 0.3) is 0 Å². The molecule has 0 aliphatic carbocycles. The Balaban J connectivity index is 2.22. The van der Waals surface area contributed by atoms with Gasteiger partial charge in [-0.2, -0.15) is 5.10 Å². The number of aromatic nitrogens is 3. The number of nitrogen functional groups attached to an aromatic ring is 1. The zero-order valence-electron chi connectivity index (χ0n) is 8.54. The molecule has 3 aromatic rings. The second kappa shape index (κ2) is 3.34. The van der Waals surface area contributed by atoms with Crippen molar-refractivity contribution in [3.8, 4) is 5.69 Å². The molecule has 3 rings (SSSR count). The fourth-order valence-corrected chi connectivity index (χ4v) is 1.69. The lowest BCUT2D eigenvalue weighted by Crippen LogP contribution is -1.95. The van der Waals surface area contributed by atoms with Crippen molar-refractivity contribution in [1.82, 2.24) is 14.8 Å². The molecule has 0 aliphatic rings. The van der Waals surface area contributed by atoms with Crippen LogP contribution in [-0.4, -0.2) is 14.8 Å². The molecule has 4 heteroatoms. The molecule has 0 saturated heterocycles. The number of hydrogen-bond donors (Lipinski definition) is 1. The summed E-state index contributed by atoms with van der Waals surface area (Å²) in [5, 5.41) is 5.25. The average Bonchev–Trinajstić information content (AvgIpc) is 2.81. The molecular weight excluding hydrogens is 200 g/mol. The van der Waals surface area contributed by atoms with Crippen LogP contribution >= 0.6 is 0 Å². The SMILES string of the molecule is Nc1ccc2ccc(-n3cccn3)cc2n1. The van der Waals surface area contributed by atoms with E-state index in [1.54, 1.807) is 16.9 Å². The van der Waals surface area contributed by atoms with E-state index in [1.165, 1.54) is 0 Å². The van der Waals surface area contributed by atoms with Gasteiger partial charge in [-0.05, 0) is 30.3 Å². The lowest BCUT2D eigenvalue weighted by molar-refractivity contribution is 0.882. The molecule has 0 amide bonds. The largest absolute Gasteiger partial charge is 0.384 e. The Hall–Kier alpha value is -2.36. The number of benzene rings is 1. The summed E-state index contributed by atoms with van der Waals surface area (Å²) in [5.74, 6) is 0.533. The minimum Gasteiger partial charge on any atom is -0.384 e. The molecule has 0 unspecified atom stereocenters. The average molecular weight is 210 g/mol. The van der Waals surface area contributed by atoms with Gasteiger partial charge in [-0.15, -0.1) is 0 Å². The summed E-state index contributed by atoms with van der Waals surface area (Å²) in [6.07, 6.45) is 3.64. The highest BCUT2D eigenvalue weighted by Crippen LogP contribution is 2.17. The first-order valence-electron chi connectivity index (χ1n) is 4.99. The second-order valence-corrected chi connectivity index (χ2v) is 3.56. The van der Waals surface area contributed by atoms with Crippen LogP contribution in [0.25, 0.3) is 16.6 Å². The van der Waals surface area contributed by atoms with E-state index >= 15 is 0 Å². The van der Waals surface area contributed by atoms with Crippen LogP contribution in [0.5, 0.6) is 0 Å². The monoisotopic (exact) mass is 210 g/mol. The Bertz CT molecular complexity index is 629. The van der Waals surface area contributed by atoms with Gasteiger partial charge in [0.05, 0.1) is 11.2 Å². The van der Waals surface area contributed by atoms with E-state index in [4.69, 9.17) is 5.73 Å². The molecule has 0 aliphatic heterocycles. The van der Waals surface area contributed by atoms with Gasteiger partial charge < -0.3 is 5.73 Å². The Kier molecular flexibility index (Phi) is 1.86. The van der Waals surface area contributed by atoms with Crippen LogP contribution < -0.4 is 5.73 Å². The lowest BCUT2D eigenvalue weighted by Gasteiger charge is -2.03. The van der Waals surface area contributed by atoms with Crippen molar-refractivity contribution in [2.24, 2.45) is 0 Å². The van der Waals surface area contributed by atoms with Crippen LogP contribution in [0, 0.1) is 0 Å². The van der Waals surface area contributed by atoms with Gasteiger partial charge in [-0.1, -0.05) is 6.07 Å². The van der Waals surface area contributed by atoms with Gasteiger partial charge in [-0.25, -0.2) is 9.67 Å². The number of pyridine rings is 1. The second-order valence-electron chi connectivity index (χ2n) is 3.56. The van der Waals surface area contributed by atoms with Crippen molar-refractivity contribution in [3.05, 3.63) is 48.8 Å². The summed E-state index contributed by atoms with van der Waals surface area (Å²) in [5.41, 5.74) is 7.52. The predicted molar refractivity (Wildman–Crippen MR) is 63.3 cm³/mol. The number of nitrogens with zero attached hydrogens (tertiary/aromatic N) is 3. The van der Waals surface area contributed by atoms with Crippen molar-refractivity contribution in [2.45, 2.75) is 0 Å². The summed E-state index contributed by atoms with van der Waals surface area (Å²) in [4.78, 5) is 4.28. The predicted octanol–water partition coefficient (Wildman–Crippen LogP) is 2.00. The van der Waals surface area contributed by atoms with Crippen molar-refractivity contribution < 1.29 is 0 Å². The van der Waals surface area contributed by atoms with E-state index in [0.717, 1.165) is 16.6 Å². The van der Waals surface area contributed by atoms with E-state index in [9.17, 15) is 0 Å². The van der Waals surface area contributed by atoms with Gasteiger partial charge in [0.1, 0.15) is 5.82 Å². The van der Waals surface area contributed by atoms with Crippen molar-refractivity contribution >= 4 is 16.7 Å². The molecule has 1 aromatic carbocycles. The smallest absolute Gasteiger partial charge is 0.124 e. The molecule has 78 valence electrons. The maximum absolute atomic E-state index is 5.66. The minimum absolute atomic E-state index is 0.533. The van der Waals surface area contributed by atoms with E-state index < -0.39 is 0 Å². The summed E-state index contributed by atoms with van der Waals surface area (Å²) < 4.78 is 1.80. The topological polar surface area (TPSA) is 56.7 Å². The molecule has 0 saturated carbocycles. The van der Waals surface area contributed by atoms with Gasteiger partial charge in [0, 0.05) is 17.8 Å². The Morgan fingerprint density at radius 1 is 1.12 bits per heavy atom. The summed E-state index contributed by atoms with van der Waals surface area (Å²) >= 11 is 0. The van der Waals surface area contributed by atoms with Gasteiger partial charge in [0.2, 0.25) is 0 Å². The number of nitrogens with two attached hydrogens (primary N) is 1. The summed E-state index contributed by atoms with van der Waals surface area (Å²) in [6.45, 7) is 0. The lowest BCUT2D eigenvalue weighted by atomic mass is 10.2. The normalized spacial score (nSPS) is 10.8. The number of anilines is 1. The van der Waals surface area contributed by atoms with Crippen molar-refractivity contribution in [1.29, 1.82) is 0 Å². The highest BCUT2D eigenvalue weighted by atomic mass is 15.3. The number of fused-ring (bicyclic) bond motifs is 1. The van der Waals surface area contributed by atoms with E-state index in [2.05, 4.69) is 10.1 Å². The maximum Gasteiger partial charge on any atom is 0.124 e. The summed E-state index contributed by atoms with van der Waals surface area (Å²) in [6, 6.07) is 11.6. The third kappa shape index (κ3) is 1.40. The molecule has 0 bridgehead atoms. The Morgan fingerprint density at radius 3 is 2.81 bits per heavy atom. The Morgan fingerprint density at radius 2 is 2.00 bits per heavy atom. The zero-order valence-corrected chi connectivity index (χ0v) is 8.54. The quantitative estimate of drug-likeness (QED) is 0.668. The first kappa shape index (κ1) is 8.91. The molecule has 0 fully saturated rings. The molecular formula is C12H10N4. The van der Waals surface area contributed by atoms with Crippen LogP contribution in [0.2, 0.25) is 0 Å². The number of rotatable bonds is 1. The van der Waals surface area contributed by atoms with E-state index in [-0.39, 0.29) is 0 Å². The van der Waals surface area contributed by atoms with Crippen molar-refractivity contribution in [3.63, 3.8) is 0 Å². The molecule has 0 atom stereocenters. The molecule has 0 radical (unpaired) electrons. The molecule has 0 spiro atoms. The first-order valence-corrected chi connectivity index (χ1v) is 4.99. The minimum atomic E-state index is 0.533. The van der Waals surface area contributed by atoms with E-state index in [1.807, 2.05) is 36.5 Å². The van der Waals surface area contributed by atoms with Crippen molar-refractivity contribution in [2.75, 3.05) is 5.73 Å². The molecule has 2 heterocycles. The molecule has 4 nitrogen and oxygen atoms in total. The van der Waals surface area contributed by atoms with Crippen LogP contribution in [0.4, 0.5) is 5.82 Å². The fraction of sp³-hybridized carbons (Fsp3) is 0. The van der Waals surface area contributed by atoms with Gasteiger partial charge in [0.15, 0.2) is 0 Å². The van der Waals surface area contributed by atoms with Crippen LogP contribution in [0.1, 0.15) is 0 Å². The summed E-state index contributed by atoms with van der Waals surface area (Å²) in [7, 11) is 0. The molecule has 2 N–H and O–H groups in total. The maximum atomic E-state index is 5.66. The van der Waals surface area contributed by atoms with E-state index in [0.29, 0.717) is 5.82 Å². The third-order valence-corrected chi connectivity index (χ3v) is 2.47. The zero-order chi connectivity index (χ0) is 11.0. The van der Waals surface area contributed by atoms with Gasteiger partial charge >= 0.3 is 0 Å². The van der Waals surface area contributed by atoms with Crippen LogP contribution in [0.15, 0.2) is 48.8 Å². The van der Waals surface area contributed by atoms with Gasteiger partial charge in [-0.3, -0.25) is 0 Å². The Labute approximate surface area is 92.3 Å². The standard InChI is InChI=1S/C12H10N4/c13-12-5-3-9-2-4-10(8-11(9)15-12)16-7-1-6-14-16/h1-8H,(H2,13,15). The highest BCUT2D eigenvalue weighted by Gasteiger charge is 2.00. The highest BCUT2D eigenvalue weighted by molar-refractivity contribution is 5.81. The molecule has 16 heavy (non-hydrogen) atoms. The fourth-order valence-electron chi connectivity index (χ4n) is 1.69. The number of hydrogen-bond acceptors (Lipinski definition) is 3.